The third-order valence-electron chi connectivity index (χ3n) is 1.81. The fourth-order valence-corrected chi connectivity index (χ4v) is 1.58. The average molecular weight is 224 g/mol. The monoisotopic (exact) mass is 224 g/mol. The molecule has 0 aromatic rings. The molecule has 1 aliphatic rings. The van der Waals surface area contributed by atoms with Crippen LogP contribution < -0.4 is 5.32 Å². The quantitative estimate of drug-likeness (QED) is 0.292. The van der Waals surface area contributed by atoms with Crippen molar-refractivity contribution in [3.05, 3.63) is 0 Å². The molecule has 8 heteroatoms. The lowest BCUT2D eigenvalue weighted by Crippen LogP contribution is -2.28. The predicted octanol–water partition coefficient (Wildman–Crippen LogP) is -0.203. The summed E-state index contributed by atoms with van der Waals surface area (Å²) in [5.74, 6) is 0. The summed E-state index contributed by atoms with van der Waals surface area (Å²) in [5.41, 5.74) is 0. The second kappa shape index (κ2) is 4.86. The Kier molecular flexibility index (Phi) is 4.03. The van der Waals surface area contributed by atoms with Crippen LogP contribution in [0.25, 0.3) is 0 Å². The smallest absolute Gasteiger partial charge is 0.353 e. The van der Waals surface area contributed by atoms with Gasteiger partial charge >= 0.3 is 7.82 Å². The Labute approximate surface area is 81.2 Å². The largest absolute Gasteiger partial charge is 0.469 e. The Balaban J connectivity index is 2.22. The molecule has 0 bridgehead atoms. The fourth-order valence-electron chi connectivity index (χ4n) is 1.22. The Morgan fingerprint density at radius 1 is 1.64 bits per heavy atom. The molecule has 0 spiro atoms. The van der Waals surface area contributed by atoms with Crippen molar-refractivity contribution in [1.29, 1.82) is 5.41 Å². The lowest BCUT2D eigenvalue weighted by molar-refractivity contribution is 0.00559. The molecule has 0 unspecified atom stereocenters. The summed E-state index contributed by atoms with van der Waals surface area (Å²) in [6.07, 6.45) is 1.81. The zero-order valence-electron chi connectivity index (χ0n) is 7.42. The highest BCUT2D eigenvalue weighted by molar-refractivity contribution is 7.46. The molecule has 0 aromatic heterocycles. The Morgan fingerprint density at radius 2 is 2.36 bits per heavy atom. The number of nitrogens with one attached hydrogen (secondary N) is 2. The second-order valence-corrected chi connectivity index (χ2v) is 4.16. The zero-order valence-corrected chi connectivity index (χ0v) is 8.31. The number of phosphoric acid groups is 1. The molecule has 14 heavy (non-hydrogen) atoms. The lowest BCUT2D eigenvalue weighted by Gasteiger charge is -2.13. The minimum Gasteiger partial charge on any atom is -0.353 e. The Morgan fingerprint density at radius 3 is 2.93 bits per heavy atom. The normalized spacial score (nSPS) is 27.6. The minimum absolute atomic E-state index is 0.125. The van der Waals surface area contributed by atoms with Crippen molar-refractivity contribution >= 4 is 14.2 Å². The van der Waals surface area contributed by atoms with Gasteiger partial charge in [0.15, 0.2) is 0 Å². The molecule has 1 heterocycles. The number of hydrogen-bond donors (Lipinski definition) is 4. The van der Waals surface area contributed by atoms with Crippen LogP contribution in [0.4, 0.5) is 0 Å². The minimum atomic E-state index is -4.40. The SMILES string of the molecule is N=CN[C@H]1CC[C@@H](COP(=O)(O)O)O1. The van der Waals surface area contributed by atoms with E-state index in [1.54, 1.807) is 0 Å². The fraction of sp³-hybridized carbons (Fsp3) is 0.833. The molecule has 7 nitrogen and oxygen atoms in total. The molecule has 1 aliphatic heterocycles. The molecule has 0 amide bonds. The first kappa shape index (κ1) is 11.6. The van der Waals surface area contributed by atoms with Crippen LogP contribution in [-0.2, 0) is 13.8 Å². The van der Waals surface area contributed by atoms with Crippen LogP contribution in [0.15, 0.2) is 0 Å². The van der Waals surface area contributed by atoms with Crippen LogP contribution in [-0.4, -0.2) is 35.1 Å². The first-order valence-corrected chi connectivity index (χ1v) is 5.65. The highest BCUT2D eigenvalue weighted by atomic mass is 31.2. The maximum absolute atomic E-state index is 10.4. The van der Waals surface area contributed by atoms with Gasteiger partial charge in [0, 0.05) is 0 Å². The van der Waals surface area contributed by atoms with E-state index in [-0.39, 0.29) is 18.9 Å². The topological polar surface area (TPSA) is 112 Å². The van der Waals surface area contributed by atoms with Crippen LogP contribution in [0, 0.1) is 5.41 Å². The highest BCUT2D eigenvalue weighted by Gasteiger charge is 2.27. The van der Waals surface area contributed by atoms with E-state index in [1.165, 1.54) is 0 Å². The van der Waals surface area contributed by atoms with Crippen LogP contribution in [0.3, 0.4) is 0 Å². The van der Waals surface area contributed by atoms with Gasteiger partial charge < -0.3 is 19.8 Å². The summed E-state index contributed by atoms with van der Waals surface area (Å²) in [6.45, 7) is -0.125. The first-order valence-electron chi connectivity index (χ1n) is 4.12. The summed E-state index contributed by atoms with van der Waals surface area (Å²) in [6, 6.07) is 0. The van der Waals surface area contributed by atoms with Gasteiger partial charge in [-0.15, -0.1) is 0 Å². The van der Waals surface area contributed by atoms with Crippen molar-refractivity contribution in [2.24, 2.45) is 0 Å². The third kappa shape index (κ3) is 4.17. The molecule has 4 N–H and O–H groups in total. The summed E-state index contributed by atoms with van der Waals surface area (Å²) < 4.78 is 19.9. The Hall–Kier alpha value is -0.460. The van der Waals surface area contributed by atoms with Crippen molar-refractivity contribution in [2.45, 2.75) is 25.2 Å². The van der Waals surface area contributed by atoms with Crippen molar-refractivity contribution in [2.75, 3.05) is 6.61 Å². The number of hydrogen-bond acceptors (Lipinski definition) is 4. The second-order valence-electron chi connectivity index (χ2n) is 2.92. The summed E-state index contributed by atoms with van der Waals surface area (Å²) in [7, 11) is -4.40. The molecule has 0 aliphatic carbocycles. The molecule has 0 radical (unpaired) electrons. The van der Waals surface area contributed by atoms with E-state index in [1.807, 2.05) is 0 Å². The van der Waals surface area contributed by atoms with Gasteiger partial charge in [-0.05, 0) is 12.8 Å². The summed E-state index contributed by atoms with van der Waals surface area (Å²) >= 11 is 0. The van der Waals surface area contributed by atoms with E-state index in [0.717, 1.165) is 6.34 Å². The van der Waals surface area contributed by atoms with Gasteiger partial charge in [-0.1, -0.05) is 0 Å². The predicted molar refractivity (Wildman–Crippen MR) is 47.8 cm³/mol. The van der Waals surface area contributed by atoms with Gasteiger partial charge in [-0.2, -0.15) is 0 Å². The van der Waals surface area contributed by atoms with Gasteiger partial charge in [0.2, 0.25) is 0 Å². The van der Waals surface area contributed by atoms with Crippen molar-refractivity contribution in [3.8, 4) is 0 Å². The van der Waals surface area contributed by atoms with Crippen molar-refractivity contribution in [1.82, 2.24) is 5.32 Å². The molecule has 2 atom stereocenters. The molecule has 0 aromatic carbocycles. The Bertz CT molecular complexity index is 242. The van der Waals surface area contributed by atoms with Gasteiger partial charge in [-0.25, -0.2) is 4.57 Å². The van der Waals surface area contributed by atoms with Crippen molar-refractivity contribution in [3.63, 3.8) is 0 Å². The van der Waals surface area contributed by atoms with Gasteiger partial charge in [0.1, 0.15) is 6.23 Å². The van der Waals surface area contributed by atoms with E-state index in [0.29, 0.717) is 12.8 Å². The van der Waals surface area contributed by atoms with Crippen LogP contribution >= 0.6 is 7.82 Å². The van der Waals surface area contributed by atoms with E-state index in [2.05, 4.69) is 9.84 Å². The van der Waals surface area contributed by atoms with Gasteiger partial charge in [0.25, 0.3) is 0 Å². The van der Waals surface area contributed by atoms with E-state index >= 15 is 0 Å². The zero-order chi connectivity index (χ0) is 10.6. The van der Waals surface area contributed by atoms with Crippen LogP contribution in [0.1, 0.15) is 12.8 Å². The van der Waals surface area contributed by atoms with E-state index in [9.17, 15) is 4.57 Å². The van der Waals surface area contributed by atoms with Crippen LogP contribution in [0.5, 0.6) is 0 Å². The van der Waals surface area contributed by atoms with Crippen molar-refractivity contribution < 1.29 is 23.6 Å². The molecule has 0 saturated carbocycles. The maximum atomic E-state index is 10.4. The molecule has 1 saturated heterocycles. The standard InChI is InChI=1S/C6H13N2O5P/c7-4-8-6-2-1-5(13-6)3-12-14(9,10)11/h4-6H,1-3H2,(H2,7,8)(H2,9,10,11)/t5-,6+/m0/s1. The molecular formula is C6H13N2O5P. The van der Waals surface area contributed by atoms with E-state index in [4.69, 9.17) is 19.9 Å². The summed E-state index contributed by atoms with van der Waals surface area (Å²) in [5, 5.41) is 9.40. The van der Waals surface area contributed by atoms with Gasteiger partial charge in [-0.3, -0.25) is 9.93 Å². The third-order valence-corrected chi connectivity index (χ3v) is 2.29. The lowest BCUT2D eigenvalue weighted by atomic mass is 10.2. The highest BCUT2D eigenvalue weighted by Crippen LogP contribution is 2.36. The first-order chi connectivity index (χ1) is 6.51. The number of phosphoric ester groups is 1. The molecule has 82 valence electrons. The van der Waals surface area contributed by atoms with E-state index < -0.39 is 7.82 Å². The molecule has 1 fully saturated rings. The molecule has 1 rings (SSSR count). The molecular weight excluding hydrogens is 211 g/mol. The van der Waals surface area contributed by atoms with Crippen LogP contribution in [0.2, 0.25) is 0 Å². The maximum Gasteiger partial charge on any atom is 0.469 e. The average Bonchev–Trinajstić information content (AvgIpc) is 2.49. The number of rotatable bonds is 5. The number of ether oxygens (including phenoxy) is 1. The van der Waals surface area contributed by atoms with Gasteiger partial charge in [0.05, 0.1) is 19.0 Å². The summed E-state index contributed by atoms with van der Waals surface area (Å²) in [4.78, 5) is 16.9.